The van der Waals surface area contributed by atoms with E-state index in [2.05, 4.69) is 29.6 Å². The molecule has 0 aromatic heterocycles. The van der Waals surface area contributed by atoms with Gasteiger partial charge in [-0.15, -0.1) is 0 Å². The SMILES string of the molecule is NCC1(c2ccc(C3CCCNC3)cc2)CCC1. The van der Waals surface area contributed by atoms with Crippen molar-refractivity contribution in [3.8, 4) is 0 Å². The Morgan fingerprint density at radius 2 is 1.94 bits per heavy atom. The fraction of sp³-hybridized carbons (Fsp3) is 0.625. The fourth-order valence-corrected chi connectivity index (χ4v) is 3.46. The molecule has 0 spiro atoms. The highest BCUT2D eigenvalue weighted by molar-refractivity contribution is 5.33. The van der Waals surface area contributed by atoms with E-state index in [0.717, 1.165) is 13.1 Å². The lowest BCUT2D eigenvalue weighted by Gasteiger charge is -2.41. The zero-order valence-electron chi connectivity index (χ0n) is 11.1. The number of hydrogen-bond acceptors (Lipinski definition) is 2. The van der Waals surface area contributed by atoms with E-state index in [1.165, 1.54) is 49.8 Å². The van der Waals surface area contributed by atoms with Crippen molar-refractivity contribution >= 4 is 0 Å². The minimum atomic E-state index is 0.309. The molecule has 0 amide bonds. The summed E-state index contributed by atoms with van der Waals surface area (Å²) in [5.41, 5.74) is 9.24. The molecule has 1 saturated carbocycles. The van der Waals surface area contributed by atoms with Crippen LogP contribution < -0.4 is 11.1 Å². The molecule has 3 N–H and O–H groups in total. The maximum Gasteiger partial charge on any atom is 0.00755 e. The first-order valence-electron chi connectivity index (χ1n) is 7.35. The Morgan fingerprint density at radius 1 is 1.17 bits per heavy atom. The monoisotopic (exact) mass is 244 g/mol. The van der Waals surface area contributed by atoms with E-state index < -0.39 is 0 Å². The van der Waals surface area contributed by atoms with Crippen LogP contribution in [0, 0.1) is 0 Å². The van der Waals surface area contributed by atoms with Gasteiger partial charge < -0.3 is 11.1 Å². The predicted octanol–water partition coefficient (Wildman–Crippen LogP) is 2.53. The van der Waals surface area contributed by atoms with Crippen LogP contribution >= 0.6 is 0 Å². The van der Waals surface area contributed by atoms with Gasteiger partial charge in [0, 0.05) is 18.5 Å². The Balaban J connectivity index is 1.76. The molecule has 1 aromatic rings. The van der Waals surface area contributed by atoms with Crippen molar-refractivity contribution in [1.29, 1.82) is 0 Å². The summed E-state index contributed by atoms with van der Waals surface area (Å²) in [5, 5.41) is 3.49. The van der Waals surface area contributed by atoms with Crippen LogP contribution in [0.1, 0.15) is 49.1 Å². The third kappa shape index (κ3) is 2.08. The molecule has 1 heterocycles. The van der Waals surface area contributed by atoms with E-state index in [1.54, 1.807) is 0 Å². The smallest absolute Gasteiger partial charge is 0.00755 e. The van der Waals surface area contributed by atoms with Crippen LogP contribution in [0.3, 0.4) is 0 Å². The van der Waals surface area contributed by atoms with Crippen molar-refractivity contribution < 1.29 is 0 Å². The Hall–Kier alpha value is -0.860. The summed E-state index contributed by atoms with van der Waals surface area (Å²) < 4.78 is 0. The van der Waals surface area contributed by atoms with Crippen molar-refractivity contribution in [1.82, 2.24) is 5.32 Å². The maximum absolute atomic E-state index is 5.97. The Morgan fingerprint density at radius 3 is 2.44 bits per heavy atom. The van der Waals surface area contributed by atoms with Crippen molar-refractivity contribution in [2.24, 2.45) is 5.73 Å². The van der Waals surface area contributed by atoms with Gasteiger partial charge in [-0.1, -0.05) is 30.7 Å². The number of nitrogens with two attached hydrogens (primary N) is 1. The van der Waals surface area contributed by atoms with Gasteiger partial charge in [-0.25, -0.2) is 0 Å². The van der Waals surface area contributed by atoms with E-state index in [1.807, 2.05) is 0 Å². The second-order valence-corrected chi connectivity index (χ2v) is 6.00. The van der Waals surface area contributed by atoms with Crippen LogP contribution in [0.25, 0.3) is 0 Å². The third-order valence-corrected chi connectivity index (χ3v) is 4.99. The van der Waals surface area contributed by atoms with Gasteiger partial charge in [0.1, 0.15) is 0 Å². The van der Waals surface area contributed by atoms with E-state index in [4.69, 9.17) is 5.73 Å². The Labute approximate surface area is 110 Å². The standard InChI is InChI=1S/C16H24N2/c17-12-16(8-2-9-16)15-6-4-13(5-7-15)14-3-1-10-18-11-14/h4-7,14,18H,1-3,8-12,17H2. The summed E-state index contributed by atoms with van der Waals surface area (Å²) in [6, 6.07) is 9.33. The summed E-state index contributed by atoms with van der Waals surface area (Å²) in [4.78, 5) is 0. The van der Waals surface area contributed by atoms with Crippen LogP contribution in [0.2, 0.25) is 0 Å². The van der Waals surface area contributed by atoms with Gasteiger partial charge in [-0.3, -0.25) is 0 Å². The quantitative estimate of drug-likeness (QED) is 0.857. The van der Waals surface area contributed by atoms with Crippen molar-refractivity contribution in [3.05, 3.63) is 35.4 Å². The fourth-order valence-electron chi connectivity index (χ4n) is 3.46. The molecule has 1 atom stereocenters. The lowest BCUT2D eigenvalue weighted by Crippen LogP contribution is -2.41. The summed E-state index contributed by atoms with van der Waals surface area (Å²) in [5.74, 6) is 0.711. The average molecular weight is 244 g/mol. The van der Waals surface area contributed by atoms with E-state index in [-0.39, 0.29) is 0 Å². The Bertz CT molecular complexity index is 381. The van der Waals surface area contributed by atoms with Crippen LogP contribution in [0.4, 0.5) is 0 Å². The first-order chi connectivity index (χ1) is 8.84. The number of rotatable bonds is 3. The highest BCUT2D eigenvalue weighted by atomic mass is 14.9. The number of benzene rings is 1. The average Bonchev–Trinajstić information content (AvgIpc) is 2.40. The summed E-state index contributed by atoms with van der Waals surface area (Å²) in [7, 11) is 0. The molecule has 2 fully saturated rings. The van der Waals surface area contributed by atoms with Crippen LogP contribution in [0.5, 0.6) is 0 Å². The van der Waals surface area contributed by atoms with Gasteiger partial charge in [0.25, 0.3) is 0 Å². The van der Waals surface area contributed by atoms with Gasteiger partial charge in [-0.05, 0) is 49.3 Å². The van der Waals surface area contributed by atoms with Gasteiger partial charge in [0.15, 0.2) is 0 Å². The number of nitrogens with one attached hydrogen (secondary N) is 1. The van der Waals surface area contributed by atoms with E-state index >= 15 is 0 Å². The molecule has 2 aliphatic rings. The van der Waals surface area contributed by atoms with Gasteiger partial charge in [0.2, 0.25) is 0 Å². The summed E-state index contributed by atoms with van der Waals surface area (Å²) in [6.45, 7) is 3.13. The highest BCUT2D eigenvalue weighted by Gasteiger charge is 2.37. The number of piperidine rings is 1. The minimum Gasteiger partial charge on any atom is -0.330 e. The topological polar surface area (TPSA) is 38.0 Å². The molecule has 0 bridgehead atoms. The van der Waals surface area contributed by atoms with Crippen LogP contribution in [0.15, 0.2) is 24.3 Å². The highest BCUT2D eigenvalue weighted by Crippen LogP contribution is 2.43. The molecule has 2 nitrogen and oxygen atoms in total. The lowest BCUT2D eigenvalue weighted by atomic mass is 9.64. The van der Waals surface area contributed by atoms with Gasteiger partial charge in [-0.2, -0.15) is 0 Å². The molecule has 18 heavy (non-hydrogen) atoms. The van der Waals surface area contributed by atoms with Crippen LogP contribution in [-0.2, 0) is 5.41 Å². The van der Waals surface area contributed by atoms with Crippen molar-refractivity contribution in [3.63, 3.8) is 0 Å². The lowest BCUT2D eigenvalue weighted by molar-refractivity contribution is 0.253. The van der Waals surface area contributed by atoms with Gasteiger partial charge >= 0.3 is 0 Å². The molecule has 1 aromatic carbocycles. The molecule has 1 aliphatic carbocycles. The minimum absolute atomic E-state index is 0.309. The second-order valence-electron chi connectivity index (χ2n) is 6.00. The second kappa shape index (κ2) is 5.02. The van der Waals surface area contributed by atoms with Gasteiger partial charge in [0.05, 0.1) is 0 Å². The first kappa shape index (κ1) is 12.2. The zero-order chi connectivity index (χ0) is 12.4. The first-order valence-corrected chi connectivity index (χ1v) is 7.35. The number of hydrogen-bond donors (Lipinski definition) is 2. The third-order valence-electron chi connectivity index (χ3n) is 4.99. The molecule has 1 saturated heterocycles. The largest absolute Gasteiger partial charge is 0.330 e. The molecule has 1 aliphatic heterocycles. The molecule has 3 rings (SSSR count). The summed E-state index contributed by atoms with van der Waals surface area (Å²) in [6.07, 6.45) is 6.51. The molecule has 0 radical (unpaired) electrons. The zero-order valence-corrected chi connectivity index (χ0v) is 11.1. The van der Waals surface area contributed by atoms with Crippen LogP contribution in [-0.4, -0.2) is 19.6 Å². The molecular weight excluding hydrogens is 220 g/mol. The normalized spacial score (nSPS) is 26.6. The van der Waals surface area contributed by atoms with E-state index in [9.17, 15) is 0 Å². The molecule has 1 unspecified atom stereocenters. The molecular formula is C16H24N2. The predicted molar refractivity (Wildman–Crippen MR) is 75.9 cm³/mol. The molecule has 2 heteroatoms. The Kier molecular flexibility index (Phi) is 3.40. The summed E-state index contributed by atoms with van der Waals surface area (Å²) >= 11 is 0. The maximum atomic E-state index is 5.97. The van der Waals surface area contributed by atoms with E-state index in [0.29, 0.717) is 11.3 Å². The van der Waals surface area contributed by atoms with Crippen molar-refractivity contribution in [2.75, 3.05) is 19.6 Å². The van der Waals surface area contributed by atoms with Crippen molar-refractivity contribution in [2.45, 2.75) is 43.4 Å². The molecule has 98 valence electrons.